The molecule has 20 atom stereocenters. The van der Waals surface area contributed by atoms with Gasteiger partial charge in [0.2, 0.25) is 0 Å². The van der Waals surface area contributed by atoms with Crippen LogP contribution in [0.2, 0.25) is 0 Å². The van der Waals surface area contributed by atoms with Crippen molar-refractivity contribution >= 4 is 5.97 Å². The molecule has 0 saturated carbocycles. The van der Waals surface area contributed by atoms with Gasteiger partial charge in [-0.3, -0.25) is 0 Å². The molecule has 6 saturated heterocycles. The highest BCUT2D eigenvalue weighted by atomic mass is 16.8. The zero-order valence-corrected chi connectivity index (χ0v) is 54.7. The normalized spacial score (nSPS) is 32.6. The van der Waals surface area contributed by atoms with Crippen LogP contribution < -0.4 is 0 Å². The second-order valence-electron chi connectivity index (χ2n) is 25.4. The van der Waals surface area contributed by atoms with E-state index in [1.165, 1.54) is 0 Å². The number of hydrogen-bond donors (Lipinski definition) is 0. The molecular weight excluding hydrogens is 1230 g/mol. The molecule has 6 aliphatic rings. The first-order chi connectivity index (χ1) is 47.0. The summed E-state index contributed by atoms with van der Waals surface area (Å²) < 4.78 is 126. The highest BCUT2D eigenvalue weighted by molar-refractivity contribution is 5.89. The largest absolute Gasteiger partial charge is 0.453 e. The molecule has 508 valence electrons. The number of hydrogen-bond acceptors (Lipinski definition) is 19. The van der Waals surface area contributed by atoms with Crippen LogP contribution in [0.15, 0.2) is 212 Å². The Labute approximate surface area is 561 Å². The Bertz CT molecular complexity index is 3460. The zero-order chi connectivity index (χ0) is 65.8. The van der Waals surface area contributed by atoms with Crippen LogP contribution in [-0.4, -0.2) is 149 Å². The zero-order valence-electron chi connectivity index (χ0n) is 54.7. The van der Waals surface area contributed by atoms with Crippen molar-refractivity contribution in [2.45, 2.75) is 196 Å². The first-order valence-corrected chi connectivity index (χ1v) is 33.3. The fourth-order valence-electron chi connectivity index (χ4n) is 13.3. The van der Waals surface area contributed by atoms with E-state index in [-0.39, 0.29) is 52.7 Å². The third kappa shape index (κ3) is 16.9. The lowest BCUT2D eigenvalue weighted by molar-refractivity contribution is -0.423. The van der Waals surface area contributed by atoms with E-state index in [0.717, 1.165) is 33.4 Å². The molecule has 19 heteroatoms. The van der Waals surface area contributed by atoms with Crippen LogP contribution in [0.4, 0.5) is 0 Å². The summed E-state index contributed by atoms with van der Waals surface area (Å²) >= 11 is 0. The van der Waals surface area contributed by atoms with Gasteiger partial charge in [-0.15, -0.1) is 0 Å². The van der Waals surface area contributed by atoms with Gasteiger partial charge in [-0.1, -0.05) is 200 Å². The molecule has 0 aromatic heterocycles. The summed E-state index contributed by atoms with van der Waals surface area (Å²) in [5.74, 6) is -1.65. The number of carbonyl (C=O) groups excluding carboxylic acids is 1. The molecule has 0 radical (unpaired) electrons. The van der Waals surface area contributed by atoms with Crippen LogP contribution in [0.1, 0.15) is 84.1 Å². The number of methoxy groups -OCH3 is 1. The summed E-state index contributed by atoms with van der Waals surface area (Å²) in [5.41, 5.74) is 5.74. The van der Waals surface area contributed by atoms with Crippen LogP contribution in [0.3, 0.4) is 0 Å². The average Bonchev–Trinajstić information content (AvgIpc) is 1.22. The summed E-state index contributed by atoms with van der Waals surface area (Å²) in [4.78, 5) is 14.5. The maximum atomic E-state index is 14.5. The van der Waals surface area contributed by atoms with Crippen molar-refractivity contribution in [3.8, 4) is 0 Å². The van der Waals surface area contributed by atoms with E-state index in [1.807, 2.05) is 216 Å². The van der Waals surface area contributed by atoms with Gasteiger partial charge < -0.3 is 85.3 Å². The van der Waals surface area contributed by atoms with Gasteiger partial charge in [0.1, 0.15) is 67.1 Å². The fraction of sp³-hybridized carbons (Fsp3) is 0.442. The summed E-state index contributed by atoms with van der Waals surface area (Å²) in [7, 11) is 1.57. The lowest BCUT2D eigenvalue weighted by atomic mass is 9.94. The van der Waals surface area contributed by atoms with Gasteiger partial charge in [0.15, 0.2) is 43.3 Å². The SMILES string of the molecule is CO[C@@H]1O[C@@H](C)[C@H](O[C@H]2O[C@@H]3COC(c4ccccc4)O[C@H]3[C@H](O[C@H]3O[C@H](C)[C@@H](OCc4ccccc4)C[C@@H]3OC(=O)c3ccccc3)[C@@H]2O[C@H]2O[C@H](COCc3ccccc3)[C@H](OCc3ccccc3)[C@H](OCc3ccccc3)[C@H]2OCc2ccccc2)[C@H]2OC(C)(C)O[C@@H]12. The Kier molecular flexibility index (Phi) is 22.9. The van der Waals surface area contributed by atoms with Gasteiger partial charge in [0.25, 0.3) is 0 Å². The summed E-state index contributed by atoms with van der Waals surface area (Å²) in [6.45, 7) is 8.52. The van der Waals surface area contributed by atoms with Crippen LogP contribution in [0, 0.1) is 0 Å². The molecule has 7 aromatic carbocycles. The van der Waals surface area contributed by atoms with Crippen LogP contribution in [0.5, 0.6) is 0 Å². The summed E-state index contributed by atoms with van der Waals surface area (Å²) in [5, 5.41) is 0. The maximum absolute atomic E-state index is 14.5. The monoisotopic (exact) mass is 1310 g/mol. The number of benzene rings is 7. The molecule has 0 aliphatic carbocycles. The van der Waals surface area contributed by atoms with Gasteiger partial charge in [0, 0.05) is 19.1 Å². The van der Waals surface area contributed by atoms with E-state index in [1.54, 1.807) is 31.4 Å². The van der Waals surface area contributed by atoms with E-state index in [2.05, 4.69) is 0 Å². The van der Waals surface area contributed by atoms with Gasteiger partial charge in [0.05, 0.1) is 70.1 Å². The molecule has 0 amide bonds. The molecule has 7 aromatic rings. The minimum Gasteiger partial charge on any atom is -0.453 e. The molecule has 19 nitrogen and oxygen atoms in total. The predicted octanol–water partition coefficient (Wildman–Crippen LogP) is 11.5. The highest BCUT2D eigenvalue weighted by Gasteiger charge is 2.61. The van der Waals surface area contributed by atoms with E-state index < -0.39 is 135 Å². The molecule has 6 aliphatic heterocycles. The summed E-state index contributed by atoms with van der Waals surface area (Å²) in [6.07, 6.45) is -19.0. The lowest BCUT2D eigenvalue weighted by Crippen LogP contribution is -2.69. The van der Waals surface area contributed by atoms with Crippen molar-refractivity contribution < 1.29 is 90.1 Å². The number of rotatable bonds is 26. The third-order valence-corrected chi connectivity index (χ3v) is 18.1. The second kappa shape index (κ2) is 32.3. The second-order valence-corrected chi connectivity index (χ2v) is 25.4. The fourth-order valence-corrected chi connectivity index (χ4v) is 13.3. The van der Waals surface area contributed by atoms with Crippen molar-refractivity contribution in [1.29, 1.82) is 0 Å². The average molecular weight is 1320 g/mol. The topological polar surface area (TPSA) is 183 Å². The molecule has 13 rings (SSSR count). The van der Waals surface area contributed by atoms with Crippen LogP contribution in [-0.2, 0) is 118 Å². The Morgan fingerprint density at radius 2 is 0.917 bits per heavy atom. The standard InChI is InChI=1S/C77H86O19/c1-49-58(81-43-52-29-15-7-16-30-52)41-59(88-71(78)56-37-23-11-24-38-56)73(86-49)93-66-64-61(48-85-72(92-64)57-39-25-12-26-40-57)90-76(91-62-50(2)87-74(79-5)70-67(62)95-77(3,4)96-70)69(66)94-75-68(84-46-55-35-21-10-22-36-55)65(83-45-54-33-19-9-20-34-54)63(82-44-53-31-17-8-18-32-53)60(89-75)47-80-42-51-27-13-6-14-28-51/h6-40,49-50,58-70,72-76H,41-48H2,1-5H3/t49-,50+,58+,59+,60-,61-,62+,63+,64-,65+,66+,67-,68-,69+,70-,72?,73-,74-,75-,76-/m1/s1. The molecule has 96 heavy (non-hydrogen) atoms. The molecular formula is C77H86O19. The van der Waals surface area contributed by atoms with Crippen molar-refractivity contribution in [1.82, 2.24) is 0 Å². The lowest BCUT2D eigenvalue weighted by Gasteiger charge is -2.53. The quantitative estimate of drug-likeness (QED) is 0.0466. The first-order valence-electron chi connectivity index (χ1n) is 33.3. The van der Waals surface area contributed by atoms with Crippen molar-refractivity contribution in [3.63, 3.8) is 0 Å². The van der Waals surface area contributed by atoms with E-state index in [4.69, 9.17) is 85.3 Å². The maximum Gasteiger partial charge on any atom is 0.338 e. The highest BCUT2D eigenvalue weighted by Crippen LogP contribution is 2.45. The summed E-state index contributed by atoms with van der Waals surface area (Å²) in [6, 6.07) is 68.0. The minimum absolute atomic E-state index is 0.0149. The molecule has 6 heterocycles. The van der Waals surface area contributed by atoms with Crippen LogP contribution in [0.25, 0.3) is 0 Å². The Balaban J connectivity index is 0.932. The molecule has 0 spiro atoms. The predicted molar refractivity (Wildman–Crippen MR) is 348 cm³/mol. The number of fused-ring (bicyclic) bond motifs is 2. The Hall–Kier alpha value is -6.67. The van der Waals surface area contributed by atoms with Gasteiger partial charge in [-0.2, -0.15) is 0 Å². The van der Waals surface area contributed by atoms with E-state index in [0.29, 0.717) is 5.56 Å². The Morgan fingerprint density at radius 1 is 0.438 bits per heavy atom. The number of carbonyl (C=O) groups is 1. The van der Waals surface area contributed by atoms with Gasteiger partial charge >= 0.3 is 5.97 Å². The Morgan fingerprint density at radius 3 is 1.50 bits per heavy atom. The van der Waals surface area contributed by atoms with Crippen molar-refractivity contribution in [2.75, 3.05) is 20.3 Å². The third-order valence-electron chi connectivity index (χ3n) is 18.1. The van der Waals surface area contributed by atoms with Gasteiger partial charge in [-0.05, 0) is 67.6 Å². The molecule has 0 bridgehead atoms. The van der Waals surface area contributed by atoms with Gasteiger partial charge in [-0.25, -0.2) is 4.79 Å². The number of esters is 1. The van der Waals surface area contributed by atoms with Crippen molar-refractivity contribution in [3.05, 3.63) is 251 Å². The first kappa shape index (κ1) is 67.9. The van der Waals surface area contributed by atoms with E-state index in [9.17, 15) is 4.79 Å². The molecule has 1 unspecified atom stereocenters. The van der Waals surface area contributed by atoms with E-state index >= 15 is 0 Å². The van der Waals surface area contributed by atoms with Crippen LogP contribution >= 0.6 is 0 Å². The number of ether oxygens (including phenoxy) is 18. The molecule has 6 fully saturated rings. The minimum atomic E-state index is -1.38. The molecule has 0 N–H and O–H groups in total. The smallest absolute Gasteiger partial charge is 0.338 e. The van der Waals surface area contributed by atoms with Crippen molar-refractivity contribution in [2.24, 2.45) is 0 Å².